The van der Waals surface area contributed by atoms with Crippen LogP contribution in [0.2, 0.25) is 0 Å². The molecule has 216 valence electrons. The van der Waals surface area contributed by atoms with Gasteiger partial charge < -0.3 is 19.3 Å². The maximum absolute atomic E-state index is 13.9. The summed E-state index contributed by atoms with van der Waals surface area (Å²) >= 11 is 0. The number of amides is 1. The standard InChI is InChI=1S/C33H44N2O5/c1-32(2,3)40-30(37)23-26-18-20-33(21-19-26)31(38)34(25-35(33)28-15-9-5-10-16-28)22-12-6-11-17-29(36)39-24-27-13-7-4-8-14-27/h4-5,7-10,13-16,26H,6,11-12,17-25H2,1-3H3. The molecule has 1 aliphatic heterocycles. The van der Waals surface area contributed by atoms with Gasteiger partial charge in [-0.1, -0.05) is 55.0 Å². The van der Waals surface area contributed by atoms with Gasteiger partial charge in [0.05, 0.1) is 6.67 Å². The molecule has 0 N–H and O–H groups in total. The predicted octanol–water partition coefficient (Wildman–Crippen LogP) is 6.26. The van der Waals surface area contributed by atoms with E-state index in [0.29, 0.717) is 32.7 Å². The number of carbonyl (C=O) groups is 3. The lowest BCUT2D eigenvalue weighted by Crippen LogP contribution is -2.52. The number of carbonyl (C=O) groups excluding carboxylic acids is 3. The van der Waals surface area contributed by atoms with E-state index in [-0.39, 0.29) is 23.8 Å². The SMILES string of the molecule is CC(C)(C)OC(=O)CC1CCC2(CC1)C(=O)N(CCCCCC(=O)OCc1ccccc1)CN2c1ccccc1. The van der Waals surface area contributed by atoms with Crippen molar-refractivity contribution in [1.82, 2.24) is 4.90 Å². The van der Waals surface area contributed by atoms with Crippen LogP contribution in [-0.2, 0) is 30.5 Å². The number of hydrogen-bond acceptors (Lipinski definition) is 6. The highest BCUT2D eigenvalue weighted by atomic mass is 16.6. The first-order chi connectivity index (χ1) is 19.2. The van der Waals surface area contributed by atoms with Crippen LogP contribution in [0, 0.1) is 5.92 Å². The van der Waals surface area contributed by atoms with Gasteiger partial charge in [-0.05, 0) is 82.9 Å². The molecule has 1 aliphatic carbocycles. The lowest BCUT2D eigenvalue weighted by Gasteiger charge is -2.42. The smallest absolute Gasteiger partial charge is 0.306 e. The van der Waals surface area contributed by atoms with Crippen LogP contribution in [0.3, 0.4) is 0 Å². The van der Waals surface area contributed by atoms with E-state index in [1.807, 2.05) is 74.2 Å². The van der Waals surface area contributed by atoms with Gasteiger partial charge in [0.2, 0.25) is 5.91 Å². The highest BCUT2D eigenvalue weighted by Crippen LogP contribution is 2.44. The summed E-state index contributed by atoms with van der Waals surface area (Å²) in [7, 11) is 0. The first-order valence-corrected chi connectivity index (χ1v) is 14.7. The summed E-state index contributed by atoms with van der Waals surface area (Å²) < 4.78 is 10.9. The van der Waals surface area contributed by atoms with Crippen LogP contribution in [0.4, 0.5) is 5.69 Å². The van der Waals surface area contributed by atoms with Crippen LogP contribution in [0.25, 0.3) is 0 Å². The van der Waals surface area contributed by atoms with Gasteiger partial charge >= 0.3 is 11.9 Å². The number of rotatable bonds is 11. The summed E-state index contributed by atoms with van der Waals surface area (Å²) in [6, 6.07) is 19.9. The number of nitrogens with zero attached hydrogens (tertiary/aromatic N) is 2. The first kappa shape index (κ1) is 29.6. The molecule has 2 aromatic rings. The van der Waals surface area contributed by atoms with Crippen LogP contribution < -0.4 is 4.90 Å². The van der Waals surface area contributed by atoms with E-state index < -0.39 is 11.1 Å². The van der Waals surface area contributed by atoms with Gasteiger partial charge in [0.1, 0.15) is 17.7 Å². The molecule has 40 heavy (non-hydrogen) atoms. The van der Waals surface area contributed by atoms with Gasteiger partial charge in [-0.15, -0.1) is 0 Å². The highest BCUT2D eigenvalue weighted by Gasteiger charge is 2.53. The van der Waals surface area contributed by atoms with Crippen molar-refractivity contribution in [1.29, 1.82) is 0 Å². The molecule has 0 atom stereocenters. The van der Waals surface area contributed by atoms with Crippen LogP contribution in [-0.4, -0.2) is 47.1 Å². The molecule has 2 aromatic carbocycles. The van der Waals surface area contributed by atoms with E-state index in [0.717, 1.165) is 56.2 Å². The molecule has 0 bridgehead atoms. The summed E-state index contributed by atoms with van der Waals surface area (Å²) in [6.07, 6.45) is 6.37. The molecular formula is C33H44N2O5. The fraction of sp³-hybridized carbons (Fsp3) is 0.545. The Bertz CT molecular complexity index is 1120. The number of hydrogen-bond donors (Lipinski definition) is 0. The van der Waals surface area contributed by atoms with Crippen molar-refractivity contribution in [2.45, 2.75) is 96.3 Å². The van der Waals surface area contributed by atoms with Crippen LogP contribution in [0.15, 0.2) is 60.7 Å². The van der Waals surface area contributed by atoms with Crippen molar-refractivity contribution in [2.75, 3.05) is 18.1 Å². The molecule has 0 aromatic heterocycles. The molecule has 1 amide bonds. The number of benzene rings is 2. The second-order valence-electron chi connectivity index (χ2n) is 12.2. The minimum absolute atomic E-state index is 0.156. The summed E-state index contributed by atoms with van der Waals surface area (Å²) in [5.74, 6) is 0.0890. The molecular weight excluding hydrogens is 504 g/mol. The third kappa shape index (κ3) is 7.86. The van der Waals surface area contributed by atoms with E-state index in [2.05, 4.69) is 17.0 Å². The van der Waals surface area contributed by atoms with Crippen molar-refractivity contribution in [3.63, 3.8) is 0 Å². The zero-order chi connectivity index (χ0) is 28.6. The zero-order valence-corrected chi connectivity index (χ0v) is 24.3. The molecule has 1 saturated carbocycles. The van der Waals surface area contributed by atoms with Crippen molar-refractivity contribution >= 4 is 23.5 Å². The van der Waals surface area contributed by atoms with Crippen LogP contribution >= 0.6 is 0 Å². The van der Waals surface area contributed by atoms with Gasteiger partial charge in [0.15, 0.2) is 0 Å². The Morgan fingerprint density at radius 2 is 1.55 bits per heavy atom. The van der Waals surface area contributed by atoms with Crippen LogP contribution in [0.1, 0.15) is 84.1 Å². The summed E-state index contributed by atoms with van der Waals surface area (Å²) in [5, 5.41) is 0. The van der Waals surface area contributed by atoms with Gasteiger partial charge in [-0.25, -0.2) is 0 Å². The molecule has 4 rings (SSSR count). The third-order valence-corrected chi connectivity index (χ3v) is 7.94. The van der Waals surface area contributed by atoms with Crippen molar-refractivity contribution in [2.24, 2.45) is 5.92 Å². The lowest BCUT2D eigenvalue weighted by atomic mass is 9.74. The van der Waals surface area contributed by atoms with E-state index in [1.54, 1.807) is 0 Å². The Morgan fingerprint density at radius 3 is 2.20 bits per heavy atom. The summed E-state index contributed by atoms with van der Waals surface area (Å²) in [4.78, 5) is 42.7. The minimum Gasteiger partial charge on any atom is -0.461 e. The largest absolute Gasteiger partial charge is 0.461 e. The van der Waals surface area contributed by atoms with E-state index in [4.69, 9.17) is 9.47 Å². The fourth-order valence-electron chi connectivity index (χ4n) is 5.91. The zero-order valence-electron chi connectivity index (χ0n) is 24.3. The molecule has 7 nitrogen and oxygen atoms in total. The summed E-state index contributed by atoms with van der Waals surface area (Å²) in [5.41, 5.74) is 0.999. The fourth-order valence-corrected chi connectivity index (χ4v) is 5.91. The van der Waals surface area contributed by atoms with Gasteiger partial charge in [-0.3, -0.25) is 14.4 Å². The minimum atomic E-state index is -0.562. The van der Waals surface area contributed by atoms with Crippen molar-refractivity contribution < 1.29 is 23.9 Å². The Morgan fingerprint density at radius 1 is 0.900 bits per heavy atom. The molecule has 2 aliphatic rings. The number of para-hydroxylation sites is 1. The average molecular weight is 549 g/mol. The maximum Gasteiger partial charge on any atom is 0.306 e. The molecule has 1 spiro atoms. The lowest BCUT2D eigenvalue weighted by molar-refractivity contribution is -0.156. The summed E-state index contributed by atoms with van der Waals surface area (Å²) in [6.45, 7) is 7.22. The monoisotopic (exact) mass is 548 g/mol. The Balaban J connectivity index is 1.28. The second-order valence-corrected chi connectivity index (χ2v) is 12.2. The molecule has 1 heterocycles. The van der Waals surface area contributed by atoms with Crippen molar-refractivity contribution in [3.05, 3.63) is 66.2 Å². The van der Waals surface area contributed by atoms with Crippen LogP contribution in [0.5, 0.6) is 0 Å². The molecule has 7 heteroatoms. The Kier molecular flexibility index (Phi) is 9.88. The second kappa shape index (κ2) is 13.3. The van der Waals surface area contributed by atoms with E-state index in [9.17, 15) is 14.4 Å². The molecule has 0 unspecified atom stereocenters. The average Bonchev–Trinajstić information content (AvgIpc) is 3.19. The third-order valence-electron chi connectivity index (χ3n) is 7.94. The first-order valence-electron chi connectivity index (χ1n) is 14.7. The Hall–Kier alpha value is -3.35. The van der Waals surface area contributed by atoms with Gasteiger partial charge in [-0.2, -0.15) is 0 Å². The highest BCUT2D eigenvalue weighted by molar-refractivity contribution is 5.93. The molecule has 1 saturated heterocycles. The van der Waals surface area contributed by atoms with Gasteiger partial charge in [0, 0.05) is 25.1 Å². The van der Waals surface area contributed by atoms with Crippen molar-refractivity contribution in [3.8, 4) is 0 Å². The quantitative estimate of drug-likeness (QED) is 0.244. The topological polar surface area (TPSA) is 76.2 Å². The van der Waals surface area contributed by atoms with E-state index in [1.165, 1.54) is 0 Å². The number of ether oxygens (including phenoxy) is 2. The molecule has 2 fully saturated rings. The molecule has 0 radical (unpaired) electrons. The van der Waals surface area contributed by atoms with Gasteiger partial charge in [0.25, 0.3) is 0 Å². The predicted molar refractivity (Wildman–Crippen MR) is 155 cm³/mol. The number of unbranched alkanes of at least 4 members (excludes halogenated alkanes) is 2. The Labute approximate surface area is 238 Å². The normalized spacial score (nSPS) is 21.1. The number of esters is 2. The maximum atomic E-state index is 13.9. The number of anilines is 1. The van der Waals surface area contributed by atoms with E-state index >= 15 is 0 Å².